The van der Waals surface area contributed by atoms with E-state index >= 15 is 0 Å². The van der Waals surface area contributed by atoms with Crippen LogP contribution in [0.4, 0.5) is 0 Å². The van der Waals surface area contributed by atoms with Gasteiger partial charge >= 0.3 is 0 Å². The maximum atomic E-state index is 11.1. The Bertz CT molecular complexity index is 404. The van der Waals surface area contributed by atoms with E-state index in [9.17, 15) is 4.79 Å². The largest absolute Gasteiger partial charge is 0.416 e. The van der Waals surface area contributed by atoms with Crippen molar-refractivity contribution in [2.24, 2.45) is 5.73 Å². The number of aromatic nitrogens is 2. The third-order valence-corrected chi connectivity index (χ3v) is 4.22. The van der Waals surface area contributed by atoms with E-state index in [0.717, 1.165) is 25.9 Å². The first-order valence-corrected chi connectivity index (χ1v) is 7.08. The molecule has 0 spiro atoms. The number of carbonyl (C=O) groups is 1. The number of hydrogen-bond acceptors (Lipinski definition) is 6. The number of piperidine rings is 1. The SMILES string of the molecule is CCC(Sc1nnc(C2CCCNC2)o1)C(N)=O. The van der Waals surface area contributed by atoms with Crippen LogP contribution in [0.15, 0.2) is 9.64 Å². The molecule has 18 heavy (non-hydrogen) atoms. The lowest BCUT2D eigenvalue weighted by Gasteiger charge is -2.18. The van der Waals surface area contributed by atoms with Gasteiger partial charge in [0.05, 0.1) is 5.25 Å². The van der Waals surface area contributed by atoms with E-state index in [1.54, 1.807) is 0 Å². The lowest BCUT2D eigenvalue weighted by molar-refractivity contribution is -0.117. The second-order valence-corrected chi connectivity index (χ2v) is 5.52. The Labute approximate surface area is 110 Å². The first-order chi connectivity index (χ1) is 8.70. The predicted molar refractivity (Wildman–Crippen MR) is 68.3 cm³/mol. The summed E-state index contributed by atoms with van der Waals surface area (Å²) in [6.07, 6.45) is 2.84. The Morgan fingerprint density at radius 1 is 1.67 bits per heavy atom. The highest BCUT2D eigenvalue weighted by atomic mass is 32.2. The van der Waals surface area contributed by atoms with Gasteiger partial charge in [0.2, 0.25) is 11.8 Å². The maximum Gasteiger partial charge on any atom is 0.277 e. The highest BCUT2D eigenvalue weighted by Crippen LogP contribution is 2.28. The van der Waals surface area contributed by atoms with E-state index in [1.165, 1.54) is 11.8 Å². The molecule has 1 aliphatic heterocycles. The second-order valence-electron chi connectivity index (χ2n) is 4.37. The average molecular weight is 270 g/mol. The van der Waals surface area contributed by atoms with E-state index in [4.69, 9.17) is 10.2 Å². The number of hydrogen-bond donors (Lipinski definition) is 2. The van der Waals surface area contributed by atoms with Crippen molar-refractivity contribution in [2.75, 3.05) is 13.1 Å². The smallest absolute Gasteiger partial charge is 0.277 e. The Hall–Kier alpha value is -1.08. The molecule has 1 amide bonds. The summed E-state index contributed by atoms with van der Waals surface area (Å²) in [5.41, 5.74) is 5.29. The first-order valence-electron chi connectivity index (χ1n) is 6.20. The van der Waals surface area contributed by atoms with Crippen LogP contribution in [-0.2, 0) is 4.79 Å². The highest BCUT2D eigenvalue weighted by molar-refractivity contribution is 8.00. The molecule has 1 aliphatic rings. The van der Waals surface area contributed by atoms with Crippen LogP contribution in [0.5, 0.6) is 0 Å². The number of thioether (sulfide) groups is 1. The molecule has 0 aliphatic carbocycles. The van der Waals surface area contributed by atoms with Crippen LogP contribution in [0.25, 0.3) is 0 Å². The monoisotopic (exact) mass is 270 g/mol. The van der Waals surface area contributed by atoms with Crippen molar-refractivity contribution in [3.05, 3.63) is 5.89 Å². The van der Waals surface area contributed by atoms with Gasteiger partial charge in [0.15, 0.2) is 0 Å². The number of carbonyl (C=O) groups excluding carboxylic acids is 1. The van der Waals surface area contributed by atoms with E-state index < -0.39 is 0 Å². The summed E-state index contributed by atoms with van der Waals surface area (Å²) >= 11 is 1.25. The standard InChI is InChI=1S/C11H18N4O2S/c1-2-8(9(12)16)18-11-15-14-10(17-11)7-4-3-5-13-6-7/h7-8,13H,2-6H2,1H3,(H2,12,16). The van der Waals surface area contributed by atoms with Crippen molar-refractivity contribution in [1.29, 1.82) is 0 Å². The zero-order valence-corrected chi connectivity index (χ0v) is 11.2. The number of nitrogens with zero attached hydrogens (tertiary/aromatic N) is 2. The van der Waals surface area contributed by atoms with Gasteiger partial charge in [-0.1, -0.05) is 18.7 Å². The van der Waals surface area contributed by atoms with Crippen LogP contribution >= 0.6 is 11.8 Å². The van der Waals surface area contributed by atoms with Gasteiger partial charge in [0, 0.05) is 12.5 Å². The fourth-order valence-electron chi connectivity index (χ4n) is 1.96. The Kier molecular flexibility index (Phi) is 4.60. The van der Waals surface area contributed by atoms with Gasteiger partial charge < -0.3 is 15.5 Å². The molecule has 2 heterocycles. The molecule has 1 fully saturated rings. The number of nitrogens with one attached hydrogen (secondary N) is 1. The van der Waals surface area contributed by atoms with Gasteiger partial charge in [0.1, 0.15) is 0 Å². The Morgan fingerprint density at radius 2 is 2.50 bits per heavy atom. The summed E-state index contributed by atoms with van der Waals surface area (Å²) in [6, 6.07) is 0. The van der Waals surface area contributed by atoms with Crippen molar-refractivity contribution in [1.82, 2.24) is 15.5 Å². The third-order valence-electron chi connectivity index (χ3n) is 3.00. The molecule has 2 rings (SSSR count). The van der Waals surface area contributed by atoms with Gasteiger partial charge in [-0.15, -0.1) is 10.2 Å². The van der Waals surface area contributed by atoms with E-state index in [-0.39, 0.29) is 17.1 Å². The zero-order chi connectivity index (χ0) is 13.0. The summed E-state index contributed by atoms with van der Waals surface area (Å²) < 4.78 is 5.60. The average Bonchev–Trinajstić information content (AvgIpc) is 2.85. The van der Waals surface area contributed by atoms with Crippen LogP contribution in [0, 0.1) is 0 Å². The quantitative estimate of drug-likeness (QED) is 0.772. The lowest BCUT2D eigenvalue weighted by Crippen LogP contribution is -2.28. The molecule has 0 radical (unpaired) electrons. The summed E-state index contributed by atoms with van der Waals surface area (Å²) in [4.78, 5) is 11.1. The number of rotatable bonds is 5. The van der Waals surface area contributed by atoms with Crippen molar-refractivity contribution in [3.8, 4) is 0 Å². The van der Waals surface area contributed by atoms with Crippen molar-refractivity contribution in [2.45, 2.75) is 42.6 Å². The molecule has 100 valence electrons. The molecule has 1 aromatic heterocycles. The van der Waals surface area contributed by atoms with Crippen LogP contribution in [0.1, 0.15) is 38.0 Å². The molecule has 1 aromatic rings. The second kappa shape index (κ2) is 6.19. The molecule has 6 nitrogen and oxygen atoms in total. The number of primary amides is 1. The maximum absolute atomic E-state index is 11.1. The Balaban J connectivity index is 1.98. The fourth-order valence-corrected chi connectivity index (χ4v) is 2.71. The minimum Gasteiger partial charge on any atom is -0.416 e. The van der Waals surface area contributed by atoms with Gasteiger partial charge in [-0.2, -0.15) is 0 Å². The molecule has 3 N–H and O–H groups in total. The molecule has 0 aromatic carbocycles. The molecule has 1 saturated heterocycles. The highest BCUT2D eigenvalue weighted by Gasteiger charge is 2.23. The topological polar surface area (TPSA) is 94.0 Å². The Morgan fingerprint density at radius 3 is 3.11 bits per heavy atom. The van der Waals surface area contributed by atoms with E-state index in [0.29, 0.717) is 17.5 Å². The van der Waals surface area contributed by atoms with Crippen LogP contribution < -0.4 is 11.1 Å². The summed E-state index contributed by atoms with van der Waals surface area (Å²) in [7, 11) is 0. The summed E-state index contributed by atoms with van der Waals surface area (Å²) in [5.74, 6) is 0.597. The van der Waals surface area contributed by atoms with Crippen LogP contribution in [-0.4, -0.2) is 34.4 Å². The minimum absolute atomic E-state index is 0.286. The molecular weight excluding hydrogens is 252 g/mol. The normalized spacial score (nSPS) is 21.7. The van der Waals surface area contributed by atoms with Gasteiger partial charge in [-0.05, 0) is 25.8 Å². The lowest BCUT2D eigenvalue weighted by atomic mass is 10.00. The molecule has 0 bridgehead atoms. The van der Waals surface area contributed by atoms with Crippen molar-refractivity contribution >= 4 is 17.7 Å². The number of amides is 1. The molecular formula is C11H18N4O2S. The first kappa shape index (κ1) is 13.4. The molecule has 7 heteroatoms. The summed E-state index contributed by atoms with van der Waals surface area (Å²) in [5, 5.41) is 11.5. The van der Waals surface area contributed by atoms with Gasteiger partial charge in [-0.25, -0.2) is 0 Å². The third kappa shape index (κ3) is 3.23. The van der Waals surface area contributed by atoms with Crippen LogP contribution in [0.2, 0.25) is 0 Å². The molecule has 2 atom stereocenters. The van der Waals surface area contributed by atoms with Crippen molar-refractivity contribution in [3.63, 3.8) is 0 Å². The summed E-state index contributed by atoms with van der Waals surface area (Å²) in [6.45, 7) is 3.83. The van der Waals surface area contributed by atoms with Gasteiger partial charge in [-0.3, -0.25) is 4.79 Å². The van der Waals surface area contributed by atoms with Gasteiger partial charge in [0.25, 0.3) is 5.22 Å². The predicted octanol–water partition coefficient (Wildman–Crippen LogP) is 0.893. The van der Waals surface area contributed by atoms with Crippen molar-refractivity contribution < 1.29 is 9.21 Å². The fraction of sp³-hybridized carbons (Fsp3) is 0.727. The van der Waals surface area contributed by atoms with Crippen LogP contribution in [0.3, 0.4) is 0 Å². The molecule has 2 unspecified atom stereocenters. The number of nitrogens with two attached hydrogens (primary N) is 1. The molecule has 0 saturated carbocycles. The van der Waals surface area contributed by atoms with E-state index in [1.807, 2.05) is 6.92 Å². The zero-order valence-electron chi connectivity index (χ0n) is 10.4. The van der Waals surface area contributed by atoms with E-state index in [2.05, 4.69) is 15.5 Å². The minimum atomic E-state index is -0.346.